The molecule has 0 fully saturated rings. The highest BCUT2D eigenvalue weighted by molar-refractivity contribution is 6.41. The van der Waals surface area contributed by atoms with Crippen LogP contribution in [0.25, 0.3) is 11.0 Å². The summed E-state index contributed by atoms with van der Waals surface area (Å²) in [5.74, 6) is 2.27. The molecule has 0 N–H and O–H groups in total. The number of aromatic nitrogens is 2. The SMILES string of the molecule is [B]c1ccc2c(c1)C(=O)/C(=C/C=C1N(c3c(C(C)C)cccc3C(C)C)c3nc4ccccc4nc3N1c1c(C(C)C)cccc1C(C)C)C2=O. The van der Waals surface area contributed by atoms with E-state index < -0.39 is 0 Å². The largest absolute Gasteiger partial charge is 0.288 e. The third-order valence-electron chi connectivity index (χ3n) is 9.97. The van der Waals surface area contributed by atoms with Crippen molar-refractivity contribution >= 4 is 58.9 Å². The van der Waals surface area contributed by atoms with Gasteiger partial charge in [-0.05, 0) is 70.2 Å². The number of fused-ring (bicyclic) bond motifs is 3. The molecule has 2 heterocycles. The van der Waals surface area contributed by atoms with Gasteiger partial charge in [0.1, 0.15) is 13.7 Å². The van der Waals surface area contributed by atoms with Crippen LogP contribution in [-0.4, -0.2) is 29.4 Å². The molecule has 2 radical (unpaired) electrons. The molecule has 7 rings (SSSR count). The van der Waals surface area contributed by atoms with Gasteiger partial charge in [-0.1, -0.05) is 128 Å². The van der Waals surface area contributed by atoms with Crippen molar-refractivity contribution in [2.75, 3.05) is 9.80 Å². The Labute approximate surface area is 302 Å². The van der Waals surface area contributed by atoms with Crippen LogP contribution in [0, 0.1) is 0 Å². The van der Waals surface area contributed by atoms with Crippen molar-refractivity contribution in [2.24, 2.45) is 0 Å². The van der Waals surface area contributed by atoms with E-state index in [9.17, 15) is 9.59 Å². The van der Waals surface area contributed by atoms with Gasteiger partial charge in [0.05, 0.1) is 28.0 Å². The summed E-state index contributed by atoms with van der Waals surface area (Å²) in [7, 11) is 6.05. The molecule has 5 aromatic rings. The van der Waals surface area contributed by atoms with Crippen molar-refractivity contribution in [1.29, 1.82) is 0 Å². The van der Waals surface area contributed by atoms with Crippen molar-refractivity contribution in [1.82, 2.24) is 9.97 Å². The van der Waals surface area contributed by atoms with Crippen molar-refractivity contribution in [2.45, 2.75) is 79.1 Å². The number of rotatable bonds is 7. The number of Topliss-reactive ketones (excluding diaryl/α,β-unsaturated/α-hetero) is 2. The van der Waals surface area contributed by atoms with Gasteiger partial charge in [-0.25, -0.2) is 9.97 Å². The molecule has 254 valence electrons. The minimum Gasteiger partial charge on any atom is -0.288 e. The van der Waals surface area contributed by atoms with Gasteiger partial charge < -0.3 is 0 Å². The van der Waals surface area contributed by atoms with Crippen LogP contribution in [-0.2, 0) is 0 Å². The summed E-state index contributed by atoms with van der Waals surface area (Å²) in [6.45, 7) is 17.7. The predicted molar refractivity (Wildman–Crippen MR) is 210 cm³/mol. The molecule has 7 heteroatoms. The predicted octanol–water partition coefficient (Wildman–Crippen LogP) is 10.1. The van der Waals surface area contributed by atoms with E-state index in [4.69, 9.17) is 17.8 Å². The highest BCUT2D eigenvalue weighted by atomic mass is 16.2. The Hall–Kier alpha value is -5.30. The van der Waals surface area contributed by atoms with Crippen LogP contribution in [0.3, 0.4) is 0 Å². The van der Waals surface area contributed by atoms with Gasteiger partial charge in [-0.3, -0.25) is 19.4 Å². The van der Waals surface area contributed by atoms with Crippen LogP contribution < -0.4 is 15.3 Å². The first-order valence-corrected chi connectivity index (χ1v) is 17.9. The van der Waals surface area contributed by atoms with Crippen LogP contribution in [0.5, 0.6) is 0 Å². The Morgan fingerprint density at radius 2 is 0.980 bits per heavy atom. The molecule has 1 aromatic heterocycles. The summed E-state index contributed by atoms with van der Waals surface area (Å²) in [5, 5.41) is 0. The topological polar surface area (TPSA) is 66.4 Å². The minimum atomic E-state index is -0.328. The molecular formula is C44H43BN4O2. The van der Waals surface area contributed by atoms with E-state index in [0.29, 0.717) is 28.2 Å². The standard InChI is InChI=1S/C44H43BN4O2/c1-24(2)29-13-11-14-30(25(3)4)39(29)48-38(22-21-34-41(50)33-20-19-28(45)23-35(33)42(34)51)49(40-31(26(5)6)15-12-16-32(40)27(7)8)44-43(48)46-36-17-9-10-18-37(36)47-44/h9-27H,1-8H3/b34-21+. The van der Waals surface area contributed by atoms with Crippen LogP contribution in [0.15, 0.2) is 102 Å². The number of carbonyl (C=O) groups excluding carboxylic acids is 2. The van der Waals surface area contributed by atoms with Gasteiger partial charge in [0.25, 0.3) is 0 Å². The van der Waals surface area contributed by atoms with E-state index in [1.807, 2.05) is 30.3 Å². The minimum absolute atomic E-state index is 0.104. The number of ketones is 2. The monoisotopic (exact) mass is 670 g/mol. The van der Waals surface area contributed by atoms with Crippen molar-refractivity contribution in [3.63, 3.8) is 0 Å². The highest BCUT2D eigenvalue weighted by Crippen LogP contribution is 2.54. The smallest absolute Gasteiger partial charge is 0.197 e. The highest BCUT2D eigenvalue weighted by Gasteiger charge is 2.41. The fourth-order valence-corrected chi connectivity index (χ4v) is 7.38. The summed E-state index contributed by atoms with van der Waals surface area (Å²) in [6.07, 6.45) is 3.60. The van der Waals surface area contributed by atoms with Gasteiger partial charge in [-0.2, -0.15) is 0 Å². The normalized spacial score (nSPS) is 15.1. The van der Waals surface area contributed by atoms with E-state index in [-0.39, 0.29) is 40.8 Å². The van der Waals surface area contributed by atoms with E-state index in [2.05, 4.69) is 102 Å². The van der Waals surface area contributed by atoms with E-state index in [1.165, 1.54) is 22.3 Å². The molecule has 0 saturated carbocycles. The number of hydrogen-bond acceptors (Lipinski definition) is 6. The Morgan fingerprint density at radius 3 is 1.41 bits per heavy atom. The van der Waals surface area contributed by atoms with E-state index >= 15 is 0 Å². The first kappa shape index (κ1) is 34.2. The van der Waals surface area contributed by atoms with Crippen LogP contribution >= 0.6 is 0 Å². The molecule has 1 aliphatic carbocycles. The molecule has 0 saturated heterocycles. The van der Waals surface area contributed by atoms with E-state index in [1.54, 1.807) is 24.3 Å². The molecule has 4 aromatic carbocycles. The molecule has 1 aliphatic heterocycles. The molecule has 0 unspecified atom stereocenters. The molecular weight excluding hydrogens is 627 g/mol. The summed E-state index contributed by atoms with van der Waals surface area (Å²) >= 11 is 0. The van der Waals surface area contributed by atoms with Crippen LogP contribution in [0.1, 0.15) is 122 Å². The lowest BCUT2D eigenvalue weighted by Gasteiger charge is -2.32. The number of carbonyl (C=O) groups is 2. The first-order chi connectivity index (χ1) is 24.4. The zero-order chi connectivity index (χ0) is 36.3. The average Bonchev–Trinajstić information content (AvgIpc) is 3.53. The second kappa shape index (κ2) is 13.1. The molecule has 51 heavy (non-hydrogen) atoms. The first-order valence-electron chi connectivity index (χ1n) is 17.9. The van der Waals surface area contributed by atoms with Crippen molar-refractivity contribution in [3.05, 3.63) is 136 Å². The van der Waals surface area contributed by atoms with Gasteiger partial charge in [0.2, 0.25) is 0 Å². The number of allylic oxidation sites excluding steroid dienone is 3. The van der Waals surface area contributed by atoms with Crippen LogP contribution in [0.4, 0.5) is 23.0 Å². The lowest BCUT2D eigenvalue weighted by molar-refractivity contribution is 0.0988. The molecule has 0 spiro atoms. The lowest BCUT2D eigenvalue weighted by atomic mass is 9.91. The fourth-order valence-electron chi connectivity index (χ4n) is 7.38. The zero-order valence-electron chi connectivity index (χ0n) is 30.7. The summed E-state index contributed by atoms with van der Waals surface area (Å²) < 4.78 is 0. The third kappa shape index (κ3) is 5.69. The molecule has 0 bridgehead atoms. The maximum atomic E-state index is 13.8. The molecule has 2 aliphatic rings. The van der Waals surface area contributed by atoms with Gasteiger partial charge in [0, 0.05) is 11.1 Å². The summed E-state index contributed by atoms with van der Waals surface area (Å²) in [6, 6.07) is 25.9. The maximum absolute atomic E-state index is 13.8. The third-order valence-corrected chi connectivity index (χ3v) is 9.97. The fraction of sp³-hybridized carbons (Fsp3) is 0.273. The molecule has 0 atom stereocenters. The quantitative estimate of drug-likeness (QED) is 0.0976. The average molecular weight is 671 g/mol. The number of anilines is 4. The van der Waals surface area contributed by atoms with Crippen molar-refractivity contribution < 1.29 is 9.59 Å². The summed E-state index contributed by atoms with van der Waals surface area (Å²) in [4.78, 5) is 42.7. The number of nitrogens with zero attached hydrogens (tertiary/aromatic N) is 4. The lowest BCUT2D eigenvalue weighted by Crippen LogP contribution is -2.26. The Kier molecular flexibility index (Phi) is 8.78. The Balaban J connectivity index is 1.61. The van der Waals surface area contributed by atoms with Crippen LogP contribution in [0.2, 0.25) is 0 Å². The second-order valence-corrected chi connectivity index (χ2v) is 14.8. The Morgan fingerprint density at radius 1 is 0.549 bits per heavy atom. The molecule has 6 nitrogen and oxygen atoms in total. The van der Waals surface area contributed by atoms with Gasteiger partial charge >= 0.3 is 0 Å². The Bertz CT molecular complexity index is 2130. The number of benzene rings is 4. The number of hydrogen-bond donors (Lipinski definition) is 0. The van der Waals surface area contributed by atoms with Crippen molar-refractivity contribution in [3.8, 4) is 0 Å². The molecule has 0 amide bonds. The summed E-state index contributed by atoms with van der Waals surface area (Å²) in [5.41, 5.74) is 9.56. The number of para-hydroxylation sites is 4. The zero-order valence-corrected chi connectivity index (χ0v) is 30.7. The van der Waals surface area contributed by atoms with Gasteiger partial charge in [0.15, 0.2) is 23.2 Å². The second-order valence-electron chi connectivity index (χ2n) is 14.8. The van der Waals surface area contributed by atoms with E-state index in [0.717, 1.165) is 28.2 Å². The van der Waals surface area contributed by atoms with Gasteiger partial charge in [-0.15, -0.1) is 0 Å². The maximum Gasteiger partial charge on any atom is 0.197 e.